The minimum absolute atomic E-state index is 0.0947. The van der Waals surface area contributed by atoms with Crippen molar-refractivity contribution in [2.75, 3.05) is 20.3 Å². The Kier molecular flexibility index (Phi) is 5.90. The third-order valence-electron chi connectivity index (χ3n) is 3.40. The molecular formula is C16H23NO4. The van der Waals surface area contributed by atoms with Crippen LogP contribution in [-0.4, -0.2) is 47.7 Å². The van der Waals surface area contributed by atoms with Crippen LogP contribution in [0.5, 0.6) is 0 Å². The molecule has 1 aromatic carbocycles. The molecule has 5 nitrogen and oxygen atoms in total. The van der Waals surface area contributed by atoms with Crippen LogP contribution in [0, 0.1) is 6.92 Å². The van der Waals surface area contributed by atoms with Gasteiger partial charge in [0.15, 0.2) is 0 Å². The SMILES string of the molecule is COC(=O)CCN(C(=O)c1cccc(C)c1)C(C)(C)CO. The highest BCUT2D eigenvalue weighted by atomic mass is 16.5. The average Bonchev–Trinajstić information content (AvgIpc) is 2.46. The number of benzene rings is 1. The molecule has 1 amide bonds. The van der Waals surface area contributed by atoms with Crippen molar-refractivity contribution < 1.29 is 19.4 Å². The summed E-state index contributed by atoms with van der Waals surface area (Å²) in [6.45, 7) is 5.45. The topological polar surface area (TPSA) is 66.8 Å². The van der Waals surface area contributed by atoms with Gasteiger partial charge in [-0.05, 0) is 32.9 Å². The normalized spacial score (nSPS) is 11.1. The third-order valence-corrected chi connectivity index (χ3v) is 3.40. The van der Waals surface area contributed by atoms with Gasteiger partial charge in [-0.3, -0.25) is 9.59 Å². The third kappa shape index (κ3) is 4.56. The van der Waals surface area contributed by atoms with Crippen molar-refractivity contribution in [3.8, 4) is 0 Å². The highest BCUT2D eigenvalue weighted by molar-refractivity contribution is 5.95. The summed E-state index contributed by atoms with van der Waals surface area (Å²) in [5.74, 6) is -0.590. The lowest BCUT2D eigenvalue weighted by molar-refractivity contribution is -0.141. The molecule has 0 saturated carbocycles. The van der Waals surface area contributed by atoms with Crippen LogP contribution in [0.15, 0.2) is 24.3 Å². The molecule has 0 fully saturated rings. The molecule has 0 heterocycles. The largest absolute Gasteiger partial charge is 0.469 e. The van der Waals surface area contributed by atoms with Crippen LogP contribution in [0.3, 0.4) is 0 Å². The lowest BCUT2D eigenvalue weighted by atomic mass is 10.0. The van der Waals surface area contributed by atoms with E-state index < -0.39 is 5.54 Å². The molecule has 1 rings (SSSR count). The highest BCUT2D eigenvalue weighted by Crippen LogP contribution is 2.19. The molecule has 0 aromatic heterocycles. The number of nitrogens with zero attached hydrogens (tertiary/aromatic N) is 1. The zero-order valence-electron chi connectivity index (χ0n) is 13.0. The molecule has 1 N–H and O–H groups in total. The zero-order chi connectivity index (χ0) is 16.0. The van der Waals surface area contributed by atoms with Gasteiger partial charge in [0.1, 0.15) is 0 Å². The second-order valence-electron chi connectivity index (χ2n) is 5.62. The van der Waals surface area contributed by atoms with Crippen LogP contribution in [-0.2, 0) is 9.53 Å². The van der Waals surface area contributed by atoms with Crippen molar-refractivity contribution in [1.29, 1.82) is 0 Å². The minimum Gasteiger partial charge on any atom is -0.469 e. The minimum atomic E-state index is -0.755. The number of amides is 1. The van der Waals surface area contributed by atoms with Crippen LogP contribution >= 0.6 is 0 Å². The van der Waals surface area contributed by atoms with Gasteiger partial charge < -0.3 is 14.7 Å². The fourth-order valence-electron chi connectivity index (χ4n) is 2.00. The van der Waals surface area contributed by atoms with Gasteiger partial charge in [0, 0.05) is 12.1 Å². The number of esters is 1. The molecule has 0 unspecified atom stereocenters. The predicted molar refractivity (Wildman–Crippen MR) is 80.0 cm³/mol. The van der Waals surface area contributed by atoms with Gasteiger partial charge in [-0.15, -0.1) is 0 Å². The maximum atomic E-state index is 12.7. The van der Waals surface area contributed by atoms with Crippen LogP contribution in [0.1, 0.15) is 36.2 Å². The number of hydrogen-bond acceptors (Lipinski definition) is 4. The van der Waals surface area contributed by atoms with Crippen LogP contribution in [0.4, 0.5) is 0 Å². The van der Waals surface area contributed by atoms with Crippen molar-refractivity contribution in [1.82, 2.24) is 4.90 Å². The Bertz CT molecular complexity index is 511. The van der Waals surface area contributed by atoms with E-state index in [1.165, 1.54) is 12.0 Å². The van der Waals surface area contributed by atoms with Crippen molar-refractivity contribution >= 4 is 11.9 Å². The van der Waals surface area contributed by atoms with Crippen molar-refractivity contribution in [3.63, 3.8) is 0 Å². The first kappa shape index (κ1) is 17.2. The maximum absolute atomic E-state index is 12.7. The van der Waals surface area contributed by atoms with E-state index in [9.17, 15) is 14.7 Å². The number of ether oxygens (including phenoxy) is 1. The monoisotopic (exact) mass is 293 g/mol. The Morgan fingerprint density at radius 3 is 2.52 bits per heavy atom. The fourth-order valence-corrected chi connectivity index (χ4v) is 2.00. The molecule has 0 atom stereocenters. The van der Waals surface area contributed by atoms with E-state index in [0.717, 1.165) is 5.56 Å². The Labute approximate surface area is 125 Å². The van der Waals surface area contributed by atoms with Gasteiger partial charge in [0.2, 0.25) is 0 Å². The summed E-state index contributed by atoms with van der Waals surface area (Å²) in [6.07, 6.45) is 0.0947. The van der Waals surface area contributed by atoms with Gasteiger partial charge in [0.05, 0.1) is 25.7 Å². The molecule has 0 radical (unpaired) electrons. The van der Waals surface area contributed by atoms with Gasteiger partial charge in [-0.25, -0.2) is 0 Å². The summed E-state index contributed by atoms with van der Waals surface area (Å²) >= 11 is 0. The molecule has 0 aliphatic carbocycles. The number of aliphatic hydroxyl groups excluding tert-OH is 1. The molecule has 1 aromatic rings. The summed E-state index contributed by atoms with van der Waals surface area (Å²) in [4.78, 5) is 25.5. The van der Waals surface area contributed by atoms with Gasteiger partial charge in [-0.2, -0.15) is 0 Å². The number of aliphatic hydroxyl groups is 1. The first-order chi connectivity index (χ1) is 9.81. The van der Waals surface area contributed by atoms with Gasteiger partial charge in [0.25, 0.3) is 5.91 Å². The summed E-state index contributed by atoms with van der Waals surface area (Å²) < 4.78 is 4.61. The molecule has 0 bridgehead atoms. The molecule has 5 heteroatoms. The van der Waals surface area contributed by atoms with E-state index in [0.29, 0.717) is 5.56 Å². The van der Waals surface area contributed by atoms with E-state index in [4.69, 9.17) is 0 Å². The lowest BCUT2D eigenvalue weighted by Crippen LogP contribution is -2.51. The van der Waals surface area contributed by atoms with Gasteiger partial charge >= 0.3 is 5.97 Å². The number of aryl methyl sites for hydroxylation is 1. The number of hydrogen-bond donors (Lipinski definition) is 1. The highest BCUT2D eigenvalue weighted by Gasteiger charge is 2.31. The maximum Gasteiger partial charge on any atom is 0.307 e. The average molecular weight is 293 g/mol. The smallest absolute Gasteiger partial charge is 0.307 e. The zero-order valence-corrected chi connectivity index (χ0v) is 13.0. The van der Waals surface area contributed by atoms with Crippen molar-refractivity contribution in [2.24, 2.45) is 0 Å². The number of methoxy groups -OCH3 is 1. The molecule has 0 aliphatic rings. The molecule has 116 valence electrons. The first-order valence-electron chi connectivity index (χ1n) is 6.88. The van der Waals surface area contributed by atoms with E-state index in [1.807, 2.05) is 19.1 Å². The van der Waals surface area contributed by atoms with Crippen LogP contribution in [0.25, 0.3) is 0 Å². The Morgan fingerprint density at radius 1 is 1.33 bits per heavy atom. The van der Waals surface area contributed by atoms with E-state index >= 15 is 0 Å². The van der Waals surface area contributed by atoms with E-state index in [-0.39, 0.29) is 31.4 Å². The number of rotatable bonds is 6. The molecule has 0 aliphatic heterocycles. The van der Waals surface area contributed by atoms with Crippen LogP contribution < -0.4 is 0 Å². The van der Waals surface area contributed by atoms with Crippen molar-refractivity contribution in [3.05, 3.63) is 35.4 Å². The number of carbonyl (C=O) groups is 2. The Morgan fingerprint density at radius 2 is 2.00 bits per heavy atom. The molecule has 21 heavy (non-hydrogen) atoms. The summed E-state index contributed by atoms with van der Waals surface area (Å²) in [7, 11) is 1.31. The molecule has 0 saturated heterocycles. The lowest BCUT2D eigenvalue weighted by Gasteiger charge is -2.37. The fraction of sp³-hybridized carbons (Fsp3) is 0.500. The summed E-state index contributed by atoms with van der Waals surface area (Å²) in [5, 5.41) is 9.53. The van der Waals surface area contributed by atoms with E-state index in [2.05, 4.69) is 4.74 Å². The predicted octanol–water partition coefficient (Wildman–Crippen LogP) is 1.77. The second kappa shape index (κ2) is 7.22. The Balaban J connectivity index is 3.00. The van der Waals surface area contributed by atoms with Crippen molar-refractivity contribution in [2.45, 2.75) is 32.7 Å². The van der Waals surface area contributed by atoms with Gasteiger partial charge in [-0.1, -0.05) is 17.7 Å². The Hall–Kier alpha value is -1.88. The quantitative estimate of drug-likeness (QED) is 0.812. The standard InChI is InChI=1S/C16H23NO4/c1-12-6-5-7-13(10-12)15(20)17(16(2,3)11-18)9-8-14(19)21-4/h5-7,10,18H,8-9,11H2,1-4H3. The second-order valence-corrected chi connectivity index (χ2v) is 5.62. The van der Waals surface area contributed by atoms with E-state index in [1.54, 1.807) is 26.0 Å². The van der Waals surface area contributed by atoms with Crippen LogP contribution in [0.2, 0.25) is 0 Å². The summed E-state index contributed by atoms with van der Waals surface area (Å²) in [6, 6.07) is 7.24. The molecule has 0 spiro atoms. The first-order valence-corrected chi connectivity index (χ1v) is 6.88. The molecular weight excluding hydrogens is 270 g/mol. The number of carbonyl (C=O) groups excluding carboxylic acids is 2. The summed E-state index contributed by atoms with van der Waals surface area (Å²) in [5.41, 5.74) is 0.770.